The Morgan fingerprint density at radius 2 is 0.548 bits per heavy atom. The summed E-state index contributed by atoms with van der Waals surface area (Å²) < 4.78 is 16.8. The zero-order valence-corrected chi connectivity index (χ0v) is 47.6. The molecular weight excluding hydrogens is 901 g/mol. The van der Waals surface area contributed by atoms with Crippen LogP contribution in [0.25, 0.3) is 0 Å². The minimum Gasteiger partial charge on any atom is -0.462 e. The summed E-state index contributed by atoms with van der Waals surface area (Å²) in [6, 6.07) is 0. The maximum absolute atomic E-state index is 12.9. The summed E-state index contributed by atoms with van der Waals surface area (Å²) in [6.07, 6.45) is 82.3. The van der Waals surface area contributed by atoms with Gasteiger partial charge in [-0.15, -0.1) is 0 Å². The van der Waals surface area contributed by atoms with E-state index in [1.165, 1.54) is 128 Å². The molecule has 0 aliphatic rings. The Balaban J connectivity index is 4.49. The molecule has 0 unspecified atom stereocenters. The molecule has 0 aliphatic carbocycles. The third-order valence-electron chi connectivity index (χ3n) is 12.7. The Morgan fingerprint density at radius 3 is 0.932 bits per heavy atom. The van der Waals surface area contributed by atoms with Gasteiger partial charge in [0.15, 0.2) is 6.10 Å². The van der Waals surface area contributed by atoms with Crippen LogP contribution in [0, 0.1) is 0 Å². The van der Waals surface area contributed by atoms with Gasteiger partial charge in [0.1, 0.15) is 13.2 Å². The lowest BCUT2D eigenvalue weighted by atomic mass is 10.1. The zero-order valence-electron chi connectivity index (χ0n) is 47.6. The normalized spacial score (nSPS) is 12.9. The minimum atomic E-state index is -0.811. The van der Waals surface area contributed by atoms with E-state index in [-0.39, 0.29) is 37.5 Å². The van der Waals surface area contributed by atoms with Crippen LogP contribution in [0.15, 0.2) is 109 Å². The van der Waals surface area contributed by atoms with E-state index in [1.807, 2.05) is 0 Å². The number of carbonyl (C=O) groups excluding carboxylic acids is 3. The third kappa shape index (κ3) is 58.8. The largest absolute Gasteiger partial charge is 0.462 e. The molecule has 0 rings (SSSR count). The van der Waals surface area contributed by atoms with Gasteiger partial charge in [-0.25, -0.2) is 0 Å². The maximum atomic E-state index is 12.9. The summed E-state index contributed by atoms with van der Waals surface area (Å²) in [5.41, 5.74) is 0. The lowest BCUT2D eigenvalue weighted by Gasteiger charge is -2.18. The number of hydrogen-bond acceptors (Lipinski definition) is 6. The smallest absolute Gasteiger partial charge is 0.306 e. The number of esters is 3. The van der Waals surface area contributed by atoms with E-state index in [0.717, 1.165) is 103 Å². The zero-order chi connectivity index (χ0) is 52.9. The summed E-state index contributed by atoms with van der Waals surface area (Å²) in [4.78, 5) is 38.2. The SMILES string of the molecule is CC/C=C\C/C=C\C/C=C\C/C=C\C/C=C\CCCC(=O)OC[C@H](COC(=O)CCCCCCCC/C=C\C/C=C\C/C=C\CCCCC)OC(=O)CCCCCCCCCCC/C=C\CCCCCCCC. The van der Waals surface area contributed by atoms with Crippen molar-refractivity contribution in [1.29, 1.82) is 0 Å². The van der Waals surface area contributed by atoms with Crippen LogP contribution in [0.4, 0.5) is 0 Å². The van der Waals surface area contributed by atoms with Gasteiger partial charge in [0.2, 0.25) is 0 Å². The van der Waals surface area contributed by atoms with E-state index in [2.05, 4.69) is 130 Å². The van der Waals surface area contributed by atoms with Gasteiger partial charge in [0.25, 0.3) is 0 Å². The van der Waals surface area contributed by atoms with Crippen LogP contribution in [-0.2, 0) is 28.6 Å². The Bertz CT molecular complexity index is 1490. The molecule has 0 heterocycles. The number of rotatable bonds is 54. The van der Waals surface area contributed by atoms with Crippen LogP contribution in [0.2, 0.25) is 0 Å². The minimum absolute atomic E-state index is 0.104. The Hall–Kier alpha value is -3.93. The second-order valence-electron chi connectivity index (χ2n) is 19.9. The first-order valence-electron chi connectivity index (χ1n) is 30.4. The van der Waals surface area contributed by atoms with E-state index in [9.17, 15) is 14.4 Å². The van der Waals surface area contributed by atoms with Gasteiger partial charge < -0.3 is 14.2 Å². The number of allylic oxidation sites excluding steroid dienone is 18. The number of ether oxygens (including phenoxy) is 3. The first-order valence-corrected chi connectivity index (χ1v) is 30.4. The molecule has 0 radical (unpaired) electrons. The lowest BCUT2D eigenvalue weighted by molar-refractivity contribution is -0.167. The molecular formula is C67H112O6. The Labute approximate surface area is 450 Å². The summed E-state index contributed by atoms with van der Waals surface area (Å²) in [5, 5.41) is 0. The molecule has 1 atom stereocenters. The van der Waals surface area contributed by atoms with Gasteiger partial charge in [0.05, 0.1) is 0 Å². The standard InChI is InChI=1S/C67H112O6/c1-4-7-10-13-16-19-22-25-28-31-33-36-39-42-45-48-51-54-57-60-66(69)72-63-64(62-71-65(68)59-56-53-50-47-44-41-38-35-30-27-24-21-18-15-12-9-6-3)73-67(70)61-58-55-52-49-46-43-40-37-34-32-29-26-23-20-17-14-11-8-5-2/h9,12,16,18-19,21,25-30,33,36,38,41,47,50,64H,4-8,10-11,13-15,17,20,22-24,31-32,34-35,37,39-40,42-46,48-49,51-63H2,1-3H3/b12-9-,19-16-,21-18-,28-25-,29-26-,30-27-,36-33-,41-38-,50-47-/t64-/m1/s1. The molecule has 73 heavy (non-hydrogen) atoms. The Kier molecular flexibility index (Phi) is 57.4. The molecule has 0 saturated heterocycles. The van der Waals surface area contributed by atoms with Gasteiger partial charge in [0, 0.05) is 19.3 Å². The second-order valence-corrected chi connectivity index (χ2v) is 19.9. The van der Waals surface area contributed by atoms with E-state index in [4.69, 9.17) is 14.2 Å². The van der Waals surface area contributed by atoms with Crippen molar-refractivity contribution in [3.05, 3.63) is 109 Å². The fourth-order valence-electron chi connectivity index (χ4n) is 8.19. The van der Waals surface area contributed by atoms with Crippen molar-refractivity contribution in [3.63, 3.8) is 0 Å². The quantitative estimate of drug-likeness (QED) is 0.0261. The number of unbranched alkanes of at least 4 members (excludes halogenated alkanes) is 25. The van der Waals surface area contributed by atoms with Crippen molar-refractivity contribution in [2.45, 2.75) is 284 Å². The highest BCUT2D eigenvalue weighted by Gasteiger charge is 2.19. The first-order chi connectivity index (χ1) is 36.0. The van der Waals surface area contributed by atoms with Crippen molar-refractivity contribution in [3.8, 4) is 0 Å². The van der Waals surface area contributed by atoms with Crippen LogP contribution in [-0.4, -0.2) is 37.2 Å². The van der Waals surface area contributed by atoms with Crippen LogP contribution in [0.3, 0.4) is 0 Å². The number of hydrogen-bond donors (Lipinski definition) is 0. The average molecular weight is 1010 g/mol. The molecule has 6 heteroatoms. The molecule has 0 bridgehead atoms. The molecule has 0 aromatic rings. The highest BCUT2D eigenvalue weighted by Crippen LogP contribution is 2.15. The van der Waals surface area contributed by atoms with Gasteiger partial charge >= 0.3 is 17.9 Å². The van der Waals surface area contributed by atoms with Crippen LogP contribution < -0.4 is 0 Å². The van der Waals surface area contributed by atoms with Crippen LogP contribution >= 0.6 is 0 Å². The average Bonchev–Trinajstić information content (AvgIpc) is 3.39. The summed E-state index contributed by atoms with van der Waals surface area (Å²) >= 11 is 0. The van der Waals surface area contributed by atoms with Gasteiger partial charge in [-0.1, -0.05) is 246 Å². The summed E-state index contributed by atoms with van der Waals surface area (Å²) in [6.45, 7) is 6.45. The maximum Gasteiger partial charge on any atom is 0.306 e. The molecule has 0 amide bonds. The highest BCUT2D eigenvalue weighted by atomic mass is 16.6. The molecule has 0 spiro atoms. The fourth-order valence-corrected chi connectivity index (χ4v) is 8.19. The van der Waals surface area contributed by atoms with E-state index < -0.39 is 6.10 Å². The lowest BCUT2D eigenvalue weighted by Crippen LogP contribution is -2.30. The predicted molar refractivity (Wildman–Crippen MR) is 316 cm³/mol. The predicted octanol–water partition coefficient (Wildman–Crippen LogP) is 20.7. The molecule has 0 fully saturated rings. The molecule has 416 valence electrons. The van der Waals surface area contributed by atoms with Gasteiger partial charge in [-0.2, -0.15) is 0 Å². The van der Waals surface area contributed by atoms with Crippen LogP contribution in [0.1, 0.15) is 278 Å². The molecule has 6 nitrogen and oxygen atoms in total. The first kappa shape index (κ1) is 69.1. The molecule has 0 aromatic heterocycles. The molecule has 0 aromatic carbocycles. The van der Waals surface area contributed by atoms with Gasteiger partial charge in [-0.3, -0.25) is 14.4 Å². The fraction of sp³-hybridized carbons (Fsp3) is 0.687. The van der Waals surface area contributed by atoms with E-state index >= 15 is 0 Å². The summed E-state index contributed by atoms with van der Waals surface area (Å²) in [7, 11) is 0. The molecule has 0 N–H and O–H groups in total. The van der Waals surface area contributed by atoms with Crippen molar-refractivity contribution in [2.75, 3.05) is 13.2 Å². The molecule has 0 aliphatic heterocycles. The summed E-state index contributed by atoms with van der Waals surface area (Å²) in [5.74, 6) is -0.974. The Morgan fingerprint density at radius 1 is 0.288 bits per heavy atom. The van der Waals surface area contributed by atoms with Gasteiger partial charge in [-0.05, 0) is 122 Å². The number of carbonyl (C=O) groups is 3. The van der Waals surface area contributed by atoms with Crippen LogP contribution in [0.5, 0.6) is 0 Å². The van der Waals surface area contributed by atoms with Crippen molar-refractivity contribution < 1.29 is 28.6 Å². The monoisotopic (exact) mass is 1010 g/mol. The highest BCUT2D eigenvalue weighted by molar-refractivity contribution is 5.71. The molecule has 0 saturated carbocycles. The second kappa shape index (κ2) is 60.6. The van der Waals surface area contributed by atoms with Crippen molar-refractivity contribution in [2.24, 2.45) is 0 Å². The third-order valence-corrected chi connectivity index (χ3v) is 12.7. The van der Waals surface area contributed by atoms with Crippen molar-refractivity contribution in [1.82, 2.24) is 0 Å². The topological polar surface area (TPSA) is 78.9 Å². The van der Waals surface area contributed by atoms with Crippen molar-refractivity contribution >= 4 is 17.9 Å². The van der Waals surface area contributed by atoms with E-state index in [1.54, 1.807) is 0 Å². The van der Waals surface area contributed by atoms with E-state index in [0.29, 0.717) is 19.3 Å².